The number of carbonyl (C=O) groups excluding carboxylic acids is 1. The Labute approximate surface area is 176 Å². The minimum absolute atomic E-state index is 0.0667. The van der Waals surface area contributed by atoms with Gasteiger partial charge in [0.1, 0.15) is 5.65 Å². The van der Waals surface area contributed by atoms with Crippen molar-refractivity contribution >= 4 is 27.1 Å². The van der Waals surface area contributed by atoms with Crippen LogP contribution in [0.1, 0.15) is 23.0 Å². The van der Waals surface area contributed by atoms with Crippen LogP contribution in [-0.2, 0) is 16.0 Å². The van der Waals surface area contributed by atoms with Crippen LogP contribution in [0.2, 0.25) is 0 Å². The minimum Gasteiger partial charge on any atom is -0.395 e. The van der Waals surface area contributed by atoms with Crippen LogP contribution in [0, 0.1) is 0 Å². The van der Waals surface area contributed by atoms with Crippen LogP contribution >= 0.6 is 0 Å². The molecule has 1 amide bonds. The number of sulfone groups is 1. The number of alkyl halides is 5. The van der Waals surface area contributed by atoms with E-state index in [0.717, 1.165) is 22.7 Å². The van der Waals surface area contributed by atoms with Crippen molar-refractivity contribution in [3.63, 3.8) is 0 Å². The molecule has 170 valence electrons. The molecular formula is C18H12F5N3O5S. The predicted octanol–water partition coefficient (Wildman–Crippen LogP) is 3.72. The number of anilines is 1. The Balaban J connectivity index is 1.76. The quantitative estimate of drug-likeness (QED) is 0.576. The smallest absolute Gasteiger partial charge is 0.395 e. The van der Waals surface area contributed by atoms with Gasteiger partial charge in [-0.15, -0.1) is 8.78 Å². The molecule has 0 saturated carbocycles. The minimum atomic E-state index is -4.71. The number of nitrogens with zero attached hydrogens (tertiary/aromatic N) is 2. The zero-order chi connectivity index (χ0) is 23.5. The molecule has 4 rings (SSSR count). The molecule has 3 aromatic rings. The van der Waals surface area contributed by atoms with Gasteiger partial charge >= 0.3 is 12.5 Å². The number of hydrogen-bond acceptors (Lipinski definition) is 6. The average molecular weight is 477 g/mol. The second-order valence-electron chi connectivity index (χ2n) is 6.59. The molecular weight excluding hydrogens is 465 g/mol. The standard InChI is InChI=1S/C18H12F5N3O5S/c1-2-32(28,29)16-14(25-13-7-9(17(19,20)21)5-6-26(13)16)15(27)24-10-3-4-11-12(8-10)31-18(22,23)30-11/h3-8H,2H2,1H3,(H,24,27). The summed E-state index contributed by atoms with van der Waals surface area (Å²) in [7, 11) is -4.11. The van der Waals surface area contributed by atoms with E-state index in [0.29, 0.717) is 12.1 Å². The molecule has 0 radical (unpaired) electrons. The van der Waals surface area contributed by atoms with Crippen molar-refractivity contribution in [2.75, 3.05) is 11.1 Å². The van der Waals surface area contributed by atoms with Crippen LogP contribution in [-0.4, -0.2) is 35.8 Å². The Bertz CT molecular complexity index is 1350. The van der Waals surface area contributed by atoms with E-state index in [9.17, 15) is 35.2 Å². The second kappa shape index (κ2) is 7.05. The number of ether oxygens (including phenoxy) is 2. The molecule has 2 aromatic heterocycles. The Morgan fingerprint density at radius 3 is 2.50 bits per heavy atom. The Morgan fingerprint density at radius 1 is 1.16 bits per heavy atom. The molecule has 1 aromatic carbocycles. The zero-order valence-electron chi connectivity index (χ0n) is 15.9. The van der Waals surface area contributed by atoms with E-state index in [1.807, 2.05) is 0 Å². The molecule has 0 atom stereocenters. The predicted molar refractivity (Wildman–Crippen MR) is 98.5 cm³/mol. The maximum atomic E-state index is 13.2. The van der Waals surface area contributed by atoms with E-state index in [2.05, 4.69) is 19.8 Å². The van der Waals surface area contributed by atoms with Crippen molar-refractivity contribution in [1.82, 2.24) is 9.38 Å². The van der Waals surface area contributed by atoms with Gasteiger partial charge in [-0.1, -0.05) is 6.92 Å². The van der Waals surface area contributed by atoms with Gasteiger partial charge in [-0.3, -0.25) is 9.20 Å². The lowest BCUT2D eigenvalue weighted by Crippen LogP contribution is -2.25. The maximum absolute atomic E-state index is 13.2. The van der Waals surface area contributed by atoms with Crippen molar-refractivity contribution < 1.29 is 44.6 Å². The first-order valence-electron chi connectivity index (χ1n) is 8.84. The summed E-state index contributed by atoms with van der Waals surface area (Å²) >= 11 is 0. The fourth-order valence-electron chi connectivity index (χ4n) is 3.00. The number of nitrogens with one attached hydrogen (secondary N) is 1. The number of aromatic nitrogens is 2. The van der Waals surface area contributed by atoms with E-state index in [-0.39, 0.29) is 17.2 Å². The van der Waals surface area contributed by atoms with Gasteiger partial charge in [0, 0.05) is 18.0 Å². The summed E-state index contributed by atoms with van der Waals surface area (Å²) in [5, 5.41) is 1.67. The largest absolute Gasteiger partial charge is 0.586 e. The number of pyridine rings is 1. The summed E-state index contributed by atoms with van der Waals surface area (Å²) < 4.78 is 99.9. The summed E-state index contributed by atoms with van der Waals surface area (Å²) in [5.74, 6) is -2.20. The van der Waals surface area contributed by atoms with Crippen molar-refractivity contribution in [2.45, 2.75) is 24.4 Å². The fourth-order valence-corrected chi connectivity index (χ4v) is 4.16. The summed E-state index contributed by atoms with van der Waals surface area (Å²) in [6.45, 7) is 1.29. The molecule has 8 nitrogen and oxygen atoms in total. The number of carbonyl (C=O) groups is 1. The van der Waals surface area contributed by atoms with Gasteiger partial charge in [0.15, 0.2) is 32.1 Å². The number of rotatable bonds is 4. The summed E-state index contributed by atoms with van der Waals surface area (Å²) in [6.07, 6.45) is -7.74. The first-order chi connectivity index (χ1) is 14.8. The Kier molecular flexibility index (Phi) is 4.80. The lowest BCUT2D eigenvalue weighted by Gasteiger charge is -2.08. The van der Waals surface area contributed by atoms with E-state index >= 15 is 0 Å². The van der Waals surface area contributed by atoms with Crippen molar-refractivity contribution in [3.8, 4) is 11.5 Å². The van der Waals surface area contributed by atoms with E-state index in [1.165, 1.54) is 13.0 Å². The molecule has 0 saturated heterocycles. The first kappa shape index (κ1) is 21.8. The van der Waals surface area contributed by atoms with Crippen LogP contribution in [0.15, 0.2) is 41.6 Å². The number of halogens is 5. The molecule has 0 fully saturated rings. The molecule has 0 aliphatic carbocycles. The third kappa shape index (κ3) is 3.81. The molecule has 1 aliphatic heterocycles. The summed E-state index contributed by atoms with van der Waals surface area (Å²) in [5.41, 5.74) is -2.22. The maximum Gasteiger partial charge on any atom is 0.586 e. The van der Waals surface area contributed by atoms with Gasteiger partial charge in [0.05, 0.1) is 11.3 Å². The number of benzene rings is 1. The van der Waals surface area contributed by atoms with Gasteiger partial charge in [-0.05, 0) is 24.3 Å². The van der Waals surface area contributed by atoms with Crippen molar-refractivity contribution in [2.24, 2.45) is 0 Å². The SMILES string of the molecule is CCS(=O)(=O)c1c(C(=O)Nc2ccc3c(c2)OC(F)(F)O3)nc2cc(C(F)(F)F)ccn12. The fraction of sp³-hybridized carbons (Fsp3) is 0.222. The van der Waals surface area contributed by atoms with Gasteiger partial charge in [0.2, 0.25) is 0 Å². The van der Waals surface area contributed by atoms with Crippen LogP contribution in [0.25, 0.3) is 5.65 Å². The first-order valence-corrected chi connectivity index (χ1v) is 10.5. The van der Waals surface area contributed by atoms with Crippen molar-refractivity contribution in [1.29, 1.82) is 0 Å². The monoisotopic (exact) mass is 477 g/mol. The highest BCUT2D eigenvalue weighted by atomic mass is 32.2. The Morgan fingerprint density at radius 2 is 1.84 bits per heavy atom. The molecule has 0 bridgehead atoms. The van der Waals surface area contributed by atoms with E-state index in [4.69, 9.17) is 0 Å². The Hall–Kier alpha value is -3.42. The lowest BCUT2D eigenvalue weighted by molar-refractivity contribution is -0.286. The van der Waals surface area contributed by atoms with Gasteiger partial charge in [-0.25, -0.2) is 13.4 Å². The lowest BCUT2D eigenvalue weighted by atomic mass is 10.2. The third-order valence-electron chi connectivity index (χ3n) is 4.46. The number of fused-ring (bicyclic) bond motifs is 2. The third-order valence-corrected chi connectivity index (χ3v) is 6.20. The molecule has 1 N–H and O–H groups in total. The number of amides is 1. The van der Waals surface area contributed by atoms with Crippen LogP contribution in [0.5, 0.6) is 11.5 Å². The summed E-state index contributed by atoms with van der Waals surface area (Å²) in [4.78, 5) is 16.6. The number of imidazole rings is 1. The van der Waals surface area contributed by atoms with Crippen LogP contribution in [0.4, 0.5) is 27.6 Å². The van der Waals surface area contributed by atoms with Gasteiger partial charge < -0.3 is 14.8 Å². The van der Waals surface area contributed by atoms with Gasteiger partial charge in [0.25, 0.3) is 5.91 Å². The molecule has 32 heavy (non-hydrogen) atoms. The highest BCUT2D eigenvalue weighted by molar-refractivity contribution is 7.91. The van der Waals surface area contributed by atoms with Gasteiger partial charge in [-0.2, -0.15) is 13.2 Å². The molecule has 0 unspecified atom stereocenters. The molecule has 3 heterocycles. The van der Waals surface area contributed by atoms with Crippen LogP contribution in [0.3, 0.4) is 0 Å². The molecule has 1 aliphatic rings. The summed E-state index contributed by atoms with van der Waals surface area (Å²) in [6, 6.07) is 4.55. The van der Waals surface area contributed by atoms with E-state index in [1.54, 1.807) is 0 Å². The highest BCUT2D eigenvalue weighted by Gasteiger charge is 2.43. The molecule has 14 heteroatoms. The van der Waals surface area contributed by atoms with Crippen LogP contribution < -0.4 is 14.8 Å². The average Bonchev–Trinajstić information content (AvgIpc) is 3.22. The second-order valence-corrected chi connectivity index (χ2v) is 8.79. The topological polar surface area (TPSA) is 99.0 Å². The molecule has 0 spiro atoms. The van der Waals surface area contributed by atoms with Crippen molar-refractivity contribution in [3.05, 3.63) is 47.8 Å². The highest BCUT2D eigenvalue weighted by Crippen LogP contribution is 2.42. The van der Waals surface area contributed by atoms with E-state index < -0.39 is 55.9 Å². The normalized spacial score (nSPS) is 15.2. The zero-order valence-corrected chi connectivity index (χ0v) is 16.7. The number of hydrogen-bond donors (Lipinski definition) is 1.